The molecule has 0 aliphatic rings. The molecule has 0 atom stereocenters. The number of hydrogen-bond acceptors (Lipinski definition) is 3. The summed E-state index contributed by atoms with van der Waals surface area (Å²) in [6, 6.07) is 10.2. The number of benzene rings is 1. The maximum absolute atomic E-state index is 11.4. The zero-order valence-electron chi connectivity index (χ0n) is 9.90. The van der Waals surface area contributed by atoms with Gasteiger partial charge in [0.15, 0.2) is 0 Å². The van der Waals surface area contributed by atoms with E-state index in [1.54, 1.807) is 0 Å². The second kappa shape index (κ2) is 5.86. The van der Waals surface area contributed by atoms with E-state index in [4.69, 9.17) is 0 Å². The number of aromatic amines is 2. The molecule has 0 fully saturated rings. The van der Waals surface area contributed by atoms with Gasteiger partial charge in [0.1, 0.15) is 5.69 Å². The monoisotopic (exact) mass is 245 g/mol. The lowest BCUT2D eigenvalue weighted by Gasteiger charge is -2.04. The molecule has 3 N–H and O–H groups in total. The Kier molecular flexibility index (Phi) is 3.96. The first-order valence-electron chi connectivity index (χ1n) is 5.85. The number of nitrogens with one attached hydrogen (secondary N) is 3. The number of H-pyrrole nitrogens is 2. The summed E-state index contributed by atoms with van der Waals surface area (Å²) in [7, 11) is 0. The van der Waals surface area contributed by atoms with Crippen LogP contribution in [-0.4, -0.2) is 16.5 Å². The Morgan fingerprint density at radius 1 is 1.11 bits per heavy atom. The first-order chi connectivity index (χ1) is 8.75. The van der Waals surface area contributed by atoms with Gasteiger partial charge in [-0.15, -0.1) is 0 Å². The van der Waals surface area contributed by atoms with Crippen LogP contribution in [0.1, 0.15) is 12.0 Å². The number of rotatable bonds is 5. The first kappa shape index (κ1) is 12.2. The Labute approximate surface area is 104 Å². The quantitative estimate of drug-likeness (QED) is 0.690. The van der Waals surface area contributed by atoms with Crippen molar-refractivity contribution in [3.63, 3.8) is 0 Å². The maximum Gasteiger partial charge on any atom is 0.325 e. The van der Waals surface area contributed by atoms with Crippen molar-refractivity contribution in [2.45, 2.75) is 12.8 Å². The van der Waals surface area contributed by atoms with Crippen molar-refractivity contribution in [1.82, 2.24) is 9.97 Å². The van der Waals surface area contributed by atoms with Crippen LogP contribution in [0.5, 0.6) is 0 Å². The highest BCUT2D eigenvalue weighted by atomic mass is 16.2. The normalized spacial score (nSPS) is 10.2. The smallest absolute Gasteiger partial charge is 0.325 e. The van der Waals surface area contributed by atoms with Crippen LogP contribution in [0.2, 0.25) is 0 Å². The van der Waals surface area contributed by atoms with Gasteiger partial charge in [0.2, 0.25) is 0 Å². The number of anilines is 1. The van der Waals surface area contributed by atoms with Crippen LogP contribution in [0.3, 0.4) is 0 Å². The summed E-state index contributed by atoms with van der Waals surface area (Å²) in [6.45, 7) is 0.685. The maximum atomic E-state index is 11.4. The molecular formula is C13H15N3O2. The van der Waals surface area contributed by atoms with Crippen LogP contribution in [-0.2, 0) is 6.42 Å². The molecule has 2 aromatic rings. The molecular weight excluding hydrogens is 230 g/mol. The van der Waals surface area contributed by atoms with E-state index in [9.17, 15) is 9.59 Å². The lowest BCUT2D eigenvalue weighted by Crippen LogP contribution is -2.24. The molecule has 0 spiro atoms. The summed E-state index contributed by atoms with van der Waals surface area (Å²) >= 11 is 0. The third kappa shape index (κ3) is 3.35. The Morgan fingerprint density at radius 3 is 2.61 bits per heavy atom. The molecule has 0 aliphatic carbocycles. The van der Waals surface area contributed by atoms with Crippen molar-refractivity contribution >= 4 is 5.69 Å². The summed E-state index contributed by atoms with van der Waals surface area (Å²) < 4.78 is 0. The van der Waals surface area contributed by atoms with E-state index in [0.29, 0.717) is 12.2 Å². The van der Waals surface area contributed by atoms with E-state index in [1.807, 2.05) is 18.2 Å². The lowest BCUT2D eigenvalue weighted by atomic mass is 10.1. The zero-order chi connectivity index (χ0) is 12.8. The van der Waals surface area contributed by atoms with Crippen LogP contribution in [0, 0.1) is 0 Å². The predicted octanol–water partition coefficient (Wildman–Crippen LogP) is 1.11. The lowest BCUT2D eigenvalue weighted by molar-refractivity contribution is 0.858. The minimum Gasteiger partial charge on any atom is -0.379 e. The van der Waals surface area contributed by atoms with Crippen molar-refractivity contribution in [3.8, 4) is 0 Å². The van der Waals surface area contributed by atoms with Gasteiger partial charge < -0.3 is 10.3 Å². The first-order valence-corrected chi connectivity index (χ1v) is 5.85. The molecule has 0 aliphatic heterocycles. The molecule has 1 heterocycles. The van der Waals surface area contributed by atoms with Gasteiger partial charge in [-0.25, -0.2) is 4.79 Å². The van der Waals surface area contributed by atoms with Crippen molar-refractivity contribution in [2.75, 3.05) is 11.9 Å². The zero-order valence-corrected chi connectivity index (χ0v) is 9.90. The molecule has 0 radical (unpaired) electrons. The van der Waals surface area contributed by atoms with Gasteiger partial charge >= 0.3 is 5.69 Å². The minimum atomic E-state index is -0.491. The Hall–Kier alpha value is -2.30. The van der Waals surface area contributed by atoms with E-state index in [0.717, 1.165) is 12.8 Å². The summed E-state index contributed by atoms with van der Waals surface area (Å²) in [6.07, 6.45) is 3.27. The Balaban J connectivity index is 1.82. The van der Waals surface area contributed by atoms with Crippen LogP contribution in [0.25, 0.3) is 0 Å². The molecule has 0 saturated carbocycles. The standard InChI is InChI=1S/C13H15N3O2/c17-12-11(9-15-13(18)16-12)14-8-4-7-10-5-2-1-3-6-10/h1-3,5-6,9,14H,4,7-8H2,(H2,15,16,17,18). The third-order valence-electron chi connectivity index (χ3n) is 2.62. The molecule has 94 valence electrons. The van der Waals surface area contributed by atoms with Gasteiger partial charge in [-0.3, -0.25) is 9.78 Å². The summed E-state index contributed by atoms with van der Waals surface area (Å²) in [5, 5.41) is 3.00. The van der Waals surface area contributed by atoms with Gasteiger partial charge in [0.25, 0.3) is 5.56 Å². The van der Waals surface area contributed by atoms with Crippen molar-refractivity contribution in [3.05, 3.63) is 62.9 Å². The second-order valence-electron chi connectivity index (χ2n) is 4.00. The Bertz CT molecular complexity index is 601. The van der Waals surface area contributed by atoms with Gasteiger partial charge in [0.05, 0.1) is 0 Å². The highest BCUT2D eigenvalue weighted by Gasteiger charge is 1.98. The van der Waals surface area contributed by atoms with Gasteiger partial charge in [-0.1, -0.05) is 30.3 Å². The molecule has 0 bridgehead atoms. The molecule has 0 amide bonds. The van der Waals surface area contributed by atoms with Gasteiger partial charge in [-0.05, 0) is 18.4 Å². The molecule has 2 rings (SSSR count). The topological polar surface area (TPSA) is 77.8 Å². The van der Waals surface area contributed by atoms with E-state index in [-0.39, 0.29) is 0 Å². The van der Waals surface area contributed by atoms with E-state index in [2.05, 4.69) is 27.4 Å². The van der Waals surface area contributed by atoms with E-state index < -0.39 is 11.2 Å². The van der Waals surface area contributed by atoms with Gasteiger partial charge in [-0.2, -0.15) is 0 Å². The molecule has 0 saturated heterocycles. The molecule has 0 unspecified atom stereocenters. The molecule has 5 nitrogen and oxygen atoms in total. The number of aryl methyl sites for hydroxylation is 1. The highest BCUT2D eigenvalue weighted by Crippen LogP contribution is 2.02. The van der Waals surface area contributed by atoms with Crippen molar-refractivity contribution < 1.29 is 0 Å². The minimum absolute atomic E-state index is 0.390. The largest absolute Gasteiger partial charge is 0.379 e. The summed E-state index contributed by atoms with van der Waals surface area (Å²) in [4.78, 5) is 26.8. The highest BCUT2D eigenvalue weighted by molar-refractivity contribution is 5.36. The molecule has 1 aromatic carbocycles. The predicted molar refractivity (Wildman–Crippen MR) is 70.9 cm³/mol. The van der Waals surface area contributed by atoms with Gasteiger partial charge in [0, 0.05) is 12.7 Å². The van der Waals surface area contributed by atoms with Crippen LogP contribution in [0.15, 0.2) is 46.1 Å². The fourth-order valence-electron chi connectivity index (χ4n) is 1.70. The van der Waals surface area contributed by atoms with E-state index in [1.165, 1.54) is 11.8 Å². The van der Waals surface area contributed by atoms with Crippen LogP contribution in [0.4, 0.5) is 5.69 Å². The third-order valence-corrected chi connectivity index (χ3v) is 2.62. The van der Waals surface area contributed by atoms with E-state index >= 15 is 0 Å². The fraction of sp³-hybridized carbons (Fsp3) is 0.231. The SMILES string of the molecule is O=c1[nH]cc(NCCCc2ccccc2)c(=O)[nH]1. The second-order valence-corrected chi connectivity index (χ2v) is 4.00. The number of aromatic nitrogens is 2. The van der Waals surface area contributed by atoms with Crippen LogP contribution < -0.4 is 16.6 Å². The van der Waals surface area contributed by atoms with Crippen LogP contribution >= 0.6 is 0 Å². The number of hydrogen-bond donors (Lipinski definition) is 3. The van der Waals surface area contributed by atoms with Crippen molar-refractivity contribution in [2.24, 2.45) is 0 Å². The molecule has 18 heavy (non-hydrogen) atoms. The molecule has 5 heteroatoms. The average molecular weight is 245 g/mol. The average Bonchev–Trinajstić information content (AvgIpc) is 2.38. The summed E-state index contributed by atoms with van der Waals surface area (Å²) in [5.41, 5.74) is 0.783. The molecule has 1 aromatic heterocycles. The summed E-state index contributed by atoms with van der Waals surface area (Å²) in [5.74, 6) is 0. The Morgan fingerprint density at radius 2 is 1.89 bits per heavy atom. The van der Waals surface area contributed by atoms with Crippen molar-refractivity contribution in [1.29, 1.82) is 0 Å². The fourth-order valence-corrected chi connectivity index (χ4v) is 1.70.